The van der Waals surface area contributed by atoms with Gasteiger partial charge in [0.1, 0.15) is 5.75 Å². The molecule has 1 aromatic heterocycles. The van der Waals surface area contributed by atoms with Gasteiger partial charge < -0.3 is 14.5 Å². The van der Waals surface area contributed by atoms with E-state index in [1.807, 2.05) is 48.5 Å². The lowest BCUT2D eigenvalue weighted by molar-refractivity contribution is -0.121. The van der Waals surface area contributed by atoms with Crippen molar-refractivity contribution in [3.63, 3.8) is 0 Å². The first-order valence-corrected chi connectivity index (χ1v) is 9.91. The van der Waals surface area contributed by atoms with E-state index in [0.717, 1.165) is 30.6 Å². The molecule has 0 fully saturated rings. The molecule has 0 radical (unpaired) electrons. The summed E-state index contributed by atoms with van der Waals surface area (Å²) < 4.78 is 11.0. The zero-order chi connectivity index (χ0) is 20.5. The largest absolute Gasteiger partial charge is 0.496 e. The number of nitrogens with zero attached hydrogens (tertiary/aromatic N) is 2. The van der Waals surface area contributed by atoms with E-state index in [9.17, 15) is 4.79 Å². The summed E-state index contributed by atoms with van der Waals surface area (Å²) in [5.41, 5.74) is 2.18. The number of carbonyl (C=O) groups excluding carboxylic acids is 1. The second kappa shape index (κ2) is 10.4. The third-order valence-corrected chi connectivity index (χ3v) is 4.82. The Bertz CT molecular complexity index is 908. The average Bonchev–Trinajstić information content (AvgIpc) is 3.18. The zero-order valence-corrected chi connectivity index (χ0v) is 16.9. The number of aromatic nitrogens is 2. The predicted molar refractivity (Wildman–Crippen MR) is 111 cm³/mol. The molecule has 3 rings (SSSR count). The first-order valence-electron chi connectivity index (χ1n) is 9.91. The summed E-state index contributed by atoms with van der Waals surface area (Å²) in [4.78, 5) is 12.5. The minimum atomic E-state index is -0.244. The van der Waals surface area contributed by atoms with Crippen LogP contribution in [0.4, 0.5) is 0 Å². The van der Waals surface area contributed by atoms with E-state index in [1.54, 1.807) is 14.0 Å². The van der Waals surface area contributed by atoms with E-state index in [-0.39, 0.29) is 18.2 Å². The number of rotatable bonds is 10. The van der Waals surface area contributed by atoms with Gasteiger partial charge in [0.05, 0.1) is 13.0 Å². The maximum Gasteiger partial charge on any atom is 0.224 e. The quantitative estimate of drug-likeness (QED) is 0.526. The number of ether oxygens (including phenoxy) is 1. The molecule has 1 unspecified atom stereocenters. The number of hydrogen-bond donors (Lipinski definition) is 1. The summed E-state index contributed by atoms with van der Waals surface area (Å²) in [7, 11) is 1.69. The predicted octanol–water partition coefficient (Wildman–Crippen LogP) is 4.05. The summed E-state index contributed by atoms with van der Waals surface area (Å²) in [6, 6.07) is 17.8. The highest BCUT2D eigenvalue weighted by Crippen LogP contribution is 2.27. The van der Waals surface area contributed by atoms with E-state index < -0.39 is 0 Å². The van der Waals surface area contributed by atoms with Crippen LogP contribution in [0.5, 0.6) is 5.75 Å². The Hall–Kier alpha value is -3.15. The molecule has 0 aliphatic rings. The Labute approximate surface area is 171 Å². The first kappa shape index (κ1) is 20.6. The number of benzene rings is 2. The van der Waals surface area contributed by atoms with Crippen molar-refractivity contribution in [3.05, 3.63) is 77.5 Å². The molecule has 0 aliphatic carbocycles. The maximum absolute atomic E-state index is 12.5. The minimum absolute atomic E-state index is 0.0213. The molecule has 29 heavy (non-hydrogen) atoms. The van der Waals surface area contributed by atoms with Crippen LogP contribution in [-0.2, 0) is 11.2 Å². The fourth-order valence-electron chi connectivity index (χ4n) is 3.32. The SMILES string of the molecule is COc1ccccc1CCCCNC(=O)CC(c1ccccc1)c1nnc(C)o1. The fourth-order valence-corrected chi connectivity index (χ4v) is 3.32. The lowest BCUT2D eigenvalue weighted by Gasteiger charge is -2.14. The molecule has 0 aliphatic heterocycles. The van der Waals surface area contributed by atoms with Crippen LogP contribution in [0.1, 0.15) is 48.1 Å². The Morgan fingerprint density at radius 1 is 1.07 bits per heavy atom. The van der Waals surface area contributed by atoms with Crippen LogP contribution in [0.2, 0.25) is 0 Å². The van der Waals surface area contributed by atoms with E-state index >= 15 is 0 Å². The molecule has 0 saturated heterocycles. The van der Waals surface area contributed by atoms with Crippen LogP contribution in [0.15, 0.2) is 59.0 Å². The van der Waals surface area contributed by atoms with Crippen LogP contribution in [0.25, 0.3) is 0 Å². The molecule has 2 aromatic carbocycles. The summed E-state index contributed by atoms with van der Waals surface area (Å²) in [5, 5.41) is 11.1. The van der Waals surface area contributed by atoms with Gasteiger partial charge in [-0.2, -0.15) is 0 Å². The summed E-state index contributed by atoms with van der Waals surface area (Å²) in [6.07, 6.45) is 3.08. The number of para-hydroxylation sites is 1. The van der Waals surface area contributed by atoms with Gasteiger partial charge in [0.15, 0.2) is 0 Å². The van der Waals surface area contributed by atoms with Gasteiger partial charge in [0.2, 0.25) is 17.7 Å². The van der Waals surface area contributed by atoms with Gasteiger partial charge in [0.25, 0.3) is 0 Å². The van der Waals surface area contributed by atoms with Gasteiger partial charge in [-0.3, -0.25) is 4.79 Å². The van der Waals surface area contributed by atoms with Crippen molar-refractivity contribution in [3.8, 4) is 5.75 Å². The highest BCUT2D eigenvalue weighted by atomic mass is 16.5. The molecule has 1 N–H and O–H groups in total. The summed E-state index contributed by atoms with van der Waals surface area (Å²) in [6.45, 7) is 2.39. The summed E-state index contributed by atoms with van der Waals surface area (Å²) >= 11 is 0. The Kier molecular flexibility index (Phi) is 7.39. The second-order valence-electron chi connectivity index (χ2n) is 6.95. The molecular weight excluding hydrogens is 366 g/mol. The van der Waals surface area contributed by atoms with Gasteiger partial charge in [-0.1, -0.05) is 48.5 Å². The smallest absolute Gasteiger partial charge is 0.224 e. The Morgan fingerprint density at radius 2 is 1.83 bits per heavy atom. The number of unbranched alkanes of at least 4 members (excludes halogenated alkanes) is 1. The third-order valence-electron chi connectivity index (χ3n) is 4.82. The van der Waals surface area contributed by atoms with Crippen molar-refractivity contribution in [2.45, 2.75) is 38.5 Å². The van der Waals surface area contributed by atoms with Crippen molar-refractivity contribution in [1.29, 1.82) is 0 Å². The molecule has 0 spiro atoms. The van der Waals surface area contributed by atoms with Crippen LogP contribution >= 0.6 is 0 Å². The molecule has 0 bridgehead atoms. The maximum atomic E-state index is 12.5. The van der Waals surface area contributed by atoms with Gasteiger partial charge in [-0.05, 0) is 36.5 Å². The Balaban J connectivity index is 1.49. The Morgan fingerprint density at radius 3 is 2.55 bits per heavy atom. The molecule has 6 heteroatoms. The van der Waals surface area contributed by atoms with Crippen molar-refractivity contribution in [1.82, 2.24) is 15.5 Å². The minimum Gasteiger partial charge on any atom is -0.496 e. The van der Waals surface area contributed by atoms with Gasteiger partial charge >= 0.3 is 0 Å². The topological polar surface area (TPSA) is 77.2 Å². The van der Waals surface area contributed by atoms with E-state index in [4.69, 9.17) is 9.15 Å². The van der Waals surface area contributed by atoms with Crippen molar-refractivity contribution in [2.75, 3.05) is 13.7 Å². The van der Waals surface area contributed by atoms with Crippen LogP contribution < -0.4 is 10.1 Å². The van der Waals surface area contributed by atoms with Crippen molar-refractivity contribution in [2.24, 2.45) is 0 Å². The second-order valence-corrected chi connectivity index (χ2v) is 6.95. The number of carbonyl (C=O) groups is 1. The number of hydrogen-bond acceptors (Lipinski definition) is 5. The fraction of sp³-hybridized carbons (Fsp3) is 0.348. The molecule has 3 aromatic rings. The molecular formula is C23H27N3O3. The standard InChI is InChI=1S/C23H27N3O3/c1-17-25-26-23(29-17)20(18-10-4-3-5-11-18)16-22(27)24-15-9-8-13-19-12-6-7-14-21(19)28-2/h3-7,10-12,14,20H,8-9,13,15-16H2,1-2H3,(H,24,27). The molecule has 0 saturated carbocycles. The van der Waals surface area contributed by atoms with Crippen molar-refractivity contribution >= 4 is 5.91 Å². The average molecular weight is 393 g/mol. The molecule has 1 amide bonds. The first-order chi connectivity index (χ1) is 14.2. The molecule has 152 valence electrons. The van der Waals surface area contributed by atoms with Crippen molar-refractivity contribution < 1.29 is 13.9 Å². The number of amides is 1. The van der Waals surface area contributed by atoms with Gasteiger partial charge in [-0.15, -0.1) is 10.2 Å². The molecule has 1 atom stereocenters. The number of nitrogens with one attached hydrogen (secondary N) is 1. The van der Waals surface area contributed by atoms with E-state index in [1.165, 1.54) is 5.56 Å². The van der Waals surface area contributed by atoms with E-state index in [2.05, 4.69) is 21.6 Å². The third kappa shape index (κ3) is 5.91. The number of aryl methyl sites for hydroxylation is 2. The highest BCUT2D eigenvalue weighted by molar-refractivity contribution is 5.77. The summed E-state index contributed by atoms with van der Waals surface area (Å²) in [5.74, 6) is 1.62. The molecule has 6 nitrogen and oxygen atoms in total. The van der Waals surface area contributed by atoms with Crippen LogP contribution in [-0.4, -0.2) is 29.8 Å². The van der Waals surface area contributed by atoms with Gasteiger partial charge in [-0.25, -0.2) is 0 Å². The van der Waals surface area contributed by atoms with Crippen LogP contribution in [0.3, 0.4) is 0 Å². The van der Waals surface area contributed by atoms with E-state index in [0.29, 0.717) is 18.3 Å². The number of methoxy groups -OCH3 is 1. The molecule has 1 heterocycles. The zero-order valence-electron chi connectivity index (χ0n) is 16.9. The van der Waals surface area contributed by atoms with Crippen LogP contribution in [0, 0.1) is 6.92 Å². The highest BCUT2D eigenvalue weighted by Gasteiger charge is 2.23. The monoisotopic (exact) mass is 393 g/mol. The van der Waals surface area contributed by atoms with Gasteiger partial charge in [0, 0.05) is 19.9 Å². The lowest BCUT2D eigenvalue weighted by atomic mass is 9.95. The normalized spacial score (nSPS) is 11.8. The lowest BCUT2D eigenvalue weighted by Crippen LogP contribution is -2.26.